The van der Waals surface area contributed by atoms with Gasteiger partial charge in [-0.1, -0.05) is 18.2 Å². The molecule has 0 aliphatic rings. The Morgan fingerprint density at radius 3 is 2.46 bits per heavy atom. The van der Waals surface area contributed by atoms with E-state index in [0.717, 1.165) is 4.90 Å². The van der Waals surface area contributed by atoms with Gasteiger partial charge in [0.05, 0.1) is 0 Å². The van der Waals surface area contributed by atoms with Gasteiger partial charge in [-0.05, 0) is 34.0 Å². The minimum atomic E-state index is 0. The van der Waals surface area contributed by atoms with Crippen LogP contribution in [-0.4, -0.2) is 29.6 Å². The Hall–Kier alpha value is 0.270. The summed E-state index contributed by atoms with van der Waals surface area (Å²) in [6.45, 7) is 0. The summed E-state index contributed by atoms with van der Waals surface area (Å²) in [4.78, 5) is 1.04. The van der Waals surface area contributed by atoms with Crippen molar-refractivity contribution in [3.05, 3.63) is 41.1 Å². The number of hydrogen-bond donors (Lipinski definition) is 1. The van der Waals surface area contributed by atoms with Crippen molar-refractivity contribution < 1.29 is 0 Å². The first-order chi connectivity index (χ1) is 5.88. The van der Waals surface area contributed by atoms with Crippen molar-refractivity contribution >= 4 is 53.5 Å². The zero-order valence-corrected chi connectivity index (χ0v) is 8.11. The van der Waals surface area contributed by atoms with E-state index in [0.29, 0.717) is 0 Å². The monoisotopic (exact) mass is 216 g/mol. The minimum absolute atomic E-state index is 0. The molecule has 0 aliphatic heterocycles. The average molecular weight is 216 g/mol. The molecule has 0 unspecified atom stereocenters. The molecule has 0 amide bonds. The third kappa shape index (κ3) is 2.61. The third-order valence-corrected chi connectivity index (χ3v) is 2.81. The van der Waals surface area contributed by atoms with Crippen LogP contribution in [0.2, 0.25) is 0 Å². The molecular weight excluding hydrogens is 207 g/mol. The molecule has 1 aromatic carbocycles. The summed E-state index contributed by atoms with van der Waals surface area (Å²) >= 11 is 6.10. The van der Waals surface area contributed by atoms with Crippen LogP contribution < -0.4 is 0 Å². The van der Waals surface area contributed by atoms with Crippen molar-refractivity contribution in [2.24, 2.45) is 0 Å². The molecule has 1 heterocycles. The van der Waals surface area contributed by atoms with Crippen LogP contribution in [0.4, 0.5) is 0 Å². The van der Waals surface area contributed by atoms with Gasteiger partial charge in [-0.3, -0.25) is 0 Å². The van der Waals surface area contributed by atoms with Crippen molar-refractivity contribution in [2.45, 2.75) is 4.90 Å². The molecule has 3 heteroatoms. The SMILES string of the molecule is Sc1ccccc1-c1ccsc1.[NaH]. The average Bonchev–Trinajstić information content (AvgIpc) is 2.57. The molecule has 2 rings (SSSR count). The van der Waals surface area contributed by atoms with Crippen molar-refractivity contribution in [2.75, 3.05) is 0 Å². The molecule has 62 valence electrons. The van der Waals surface area contributed by atoms with Gasteiger partial charge in [0.2, 0.25) is 0 Å². The Kier molecular flexibility index (Phi) is 4.56. The van der Waals surface area contributed by atoms with E-state index < -0.39 is 0 Å². The molecule has 1 aromatic heterocycles. The van der Waals surface area contributed by atoms with Crippen LogP contribution in [0.5, 0.6) is 0 Å². The first kappa shape index (κ1) is 11.3. The molecule has 0 N–H and O–H groups in total. The quantitative estimate of drug-likeness (QED) is 0.549. The fourth-order valence-corrected chi connectivity index (χ4v) is 2.08. The van der Waals surface area contributed by atoms with Gasteiger partial charge >= 0.3 is 29.6 Å². The number of thiophene rings is 1. The number of rotatable bonds is 1. The van der Waals surface area contributed by atoms with E-state index in [4.69, 9.17) is 0 Å². The van der Waals surface area contributed by atoms with Gasteiger partial charge in [0.25, 0.3) is 0 Å². The van der Waals surface area contributed by atoms with Gasteiger partial charge in [-0.2, -0.15) is 11.3 Å². The van der Waals surface area contributed by atoms with E-state index in [1.165, 1.54) is 11.1 Å². The van der Waals surface area contributed by atoms with E-state index in [2.05, 4.69) is 35.5 Å². The van der Waals surface area contributed by atoms with Crippen molar-refractivity contribution in [3.8, 4) is 11.1 Å². The summed E-state index contributed by atoms with van der Waals surface area (Å²) in [7, 11) is 0. The number of hydrogen-bond acceptors (Lipinski definition) is 2. The van der Waals surface area contributed by atoms with Gasteiger partial charge in [0.15, 0.2) is 0 Å². The van der Waals surface area contributed by atoms with E-state index >= 15 is 0 Å². The molecule has 0 radical (unpaired) electrons. The molecule has 13 heavy (non-hydrogen) atoms. The van der Waals surface area contributed by atoms with Gasteiger partial charge in [0, 0.05) is 4.90 Å². The van der Waals surface area contributed by atoms with Crippen LogP contribution in [0.15, 0.2) is 46.0 Å². The zero-order chi connectivity index (χ0) is 8.39. The van der Waals surface area contributed by atoms with Gasteiger partial charge in [0.1, 0.15) is 0 Å². The molecule has 0 saturated carbocycles. The zero-order valence-electron chi connectivity index (χ0n) is 6.40. The van der Waals surface area contributed by atoms with Crippen LogP contribution >= 0.6 is 24.0 Å². The van der Waals surface area contributed by atoms with Crippen LogP contribution in [0, 0.1) is 0 Å². The summed E-state index contributed by atoms with van der Waals surface area (Å²) in [6, 6.07) is 10.2. The molecule has 0 nitrogen and oxygen atoms in total. The van der Waals surface area contributed by atoms with Gasteiger partial charge in [-0.15, -0.1) is 12.6 Å². The summed E-state index contributed by atoms with van der Waals surface area (Å²) in [6.07, 6.45) is 0. The first-order valence-electron chi connectivity index (χ1n) is 3.68. The Morgan fingerprint density at radius 2 is 1.85 bits per heavy atom. The Balaban J connectivity index is 0.000000845. The fourth-order valence-electron chi connectivity index (χ4n) is 1.14. The van der Waals surface area contributed by atoms with Crippen molar-refractivity contribution in [1.29, 1.82) is 0 Å². The van der Waals surface area contributed by atoms with E-state index in [-0.39, 0.29) is 29.6 Å². The summed E-state index contributed by atoms with van der Waals surface area (Å²) in [5.41, 5.74) is 2.47. The predicted octanol–water partition coefficient (Wildman–Crippen LogP) is 3.06. The Bertz CT molecular complexity index is 368. The first-order valence-corrected chi connectivity index (χ1v) is 5.07. The van der Waals surface area contributed by atoms with Crippen LogP contribution in [0.3, 0.4) is 0 Å². The topological polar surface area (TPSA) is 0 Å². The summed E-state index contributed by atoms with van der Waals surface area (Å²) in [5, 5.41) is 4.21. The fraction of sp³-hybridized carbons (Fsp3) is 0. The molecule has 0 atom stereocenters. The van der Waals surface area contributed by atoms with Crippen LogP contribution in [-0.2, 0) is 0 Å². The second-order valence-electron chi connectivity index (χ2n) is 2.53. The Labute approximate surface area is 110 Å². The van der Waals surface area contributed by atoms with E-state index in [1.807, 2.05) is 18.2 Å². The van der Waals surface area contributed by atoms with Crippen molar-refractivity contribution in [1.82, 2.24) is 0 Å². The molecule has 2 aromatic rings. The molecule has 0 bridgehead atoms. The normalized spacial score (nSPS) is 9.31. The van der Waals surface area contributed by atoms with Crippen molar-refractivity contribution in [3.63, 3.8) is 0 Å². The second-order valence-corrected chi connectivity index (χ2v) is 3.79. The molecule has 0 aliphatic carbocycles. The van der Waals surface area contributed by atoms with E-state index in [9.17, 15) is 0 Å². The van der Waals surface area contributed by atoms with Crippen LogP contribution in [0.1, 0.15) is 0 Å². The van der Waals surface area contributed by atoms with Gasteiger partial charge in [-0.25, -0.2) is 0 Å². The van der Waals surface area contributed by atoms with Gasteiger partial charge < -0.3 is 0 Å². The standard InChI is InChI=1S/C10H8S2.Na.H/c11-10-4-2-1-3-9(10)8-5-6-12-7-8;;/h1-7,11H;;. The van der Waals surface area contributed by atoms with E-state index in [1.54, 1.807) is 11.3 Å². The maximum absolute atomic E-state index is 4.39. The molecule has 0 spiro atoms. The molecular formula is C10H9NaS2. The second kappa shape index (κ2) is 5.23. The molecule has 0 fully saturated rings. The molecule has 0 saturated heterocycles. The Morgan fingerprint density at radius 1 is 1.08 bits per heavy atom. The van der Waals surface area contributed by atoms with Crippen LogP contribution in [0.25, 0.3) is 11.1 Å². The predicted molar refractivity (Wildman–Crippen MR) is 64.2 cm³/mol. The maximum atomic E-state index is 4.39. The number of benzene rings is 1. The summed E-state index contributed by atoms with van der Waals surface area (Å²) < 4.78 is 0. The number of thiol groups is 1. The summed E-state index contributed by atoms with van der Waals surface area (Å²) in [5.74, 6) is 0. The third-order valence-electron chi connectivity index (χ3n) is 1.74.